The van der Waals surface area contributed by atoms with Gasteiger partial charge in [0.05, 0.1) is 47.4 Å². The van der Waals surface area contributed by atoms with Gasteiger partial charge in [-0.15, -0.1) is 0 Å². The highest BCUT2D eigenvalue weighted by atomic mass is 32.2. The summed E-state index contributed by atoms with van der Waals surface area (Å²) in [4.78, 5) is 59.2. The number of sulfone groups is 2. The van der Waals surface area contributed by atoms with Gasteiger partial charge >= 0.3 is 0 Å². The van der Waals surface area contributed by atoms with E-state index in [1.54, 1.807) is 12.1 Å². The number of hydrogen-bond donors (Lipinski definition) is 0. The van der Waals surface area contributed by atoms with Crippen LogP contribution in [0.5, 0.6) is 11.5 Å². The minimum Gasteiger partial charge on any atom is -0.490 e. The maximum absolute atomic E-state index is 14.8. The Balaban J connectivity index is 1.15. The summed E-state index contributed by atoms with van der Waals surface area (Å²) in [6.07, 6.45) is 4.52. The van der Waals surface area contributed by atoms with Gasteiger partial charge in [-0.2, -0.15) is 0 Å². The molecular formula is C50H52O12S2. The second-order valence-corrected chi connectivity index (χ2v) is 22.6. The van der Waals surface area contributed by atoms with Crippen LogP contribution < -0.4 is 9.47 Å². The molecule has 336 valence electrons. The molecular weight excluding hydrogens is 857 g/mol. The molecule has 0 N–H and O–H groups in total. The van der Waals surface area contributed by atoms with Gasteiger partial charge < -0.3 is 18.9 Å². The SMILES string of the molecule is CCCCOCCOc1c2c(cc3c1ccc1ccc4c(OCCOCCCC)c5c(cc4c13)C(=O)[C@@H]1CC3=C(C[C@@H]1C5=O)CS(=O)(=O)C3)C(=O)[C@@H]1CC3=C(C[C@@H]1C2=O)CS(=O)(=O)C3. The molecule has 0 amide bonds. The van der Waals surface area contributed by atoms with E-state index >= 15 is 0 Å². The number of Topliss-reactive ketones (excluding diaryl/α,β-unsaturated/α-hetero) is 4. The zero-order chi connectivity index (χ0) is 44.7. The Morgan fingerprint density at radius 3 is 1.23 bits per heavy atom. The van der Waals surface area contributed by atoms with Crippen LogP contribution in [0, 0.1) is 23.7 Å². The first kappa shape index (κ1) is 43.1. The number of fused-ring (bicyclic) bond motifs is 9. The standard InChI is InChI=1S/C50H52O12S2/c1-3-5-11-59-13-15-61-49-32-9-7-27-8-10-33-35(42(27)34(32)21-40-43(49)47(53)38-19-30-25-63(55,56)23-28(30)17-36(38)45(40)51)22-41-44(50(33)62-16-14-60-12-6-4-2)48(54)39-20-31-26-64(57,58)24-29(31)18-37(39)46(41)52/h7-10,21-22,36-39H,3-6,11-20,23-26H2,1-2H3/t36-,37-,38+,39+/m1/s1. The van der Waals surface area contributed by atoms with Crippen molar-refractivity contribution in [3.63, 3.8) is 0 Å². The third-order valence-corrected chi connectivity index (χ3v) is 17.5. The van der Waals surface area contributed by atoms with E-state index in [-0.39, 0.29) is 132 Å². The topological polar surface area (TPSA) is 173 Å². The van der Waals surface area contributed by atoms with Gasteiger partial charge in [0.2, 0.25) is 0 Å². The highest BCUT2D eigenvalue weighted by Crippen LogP contribution is 2.52. The van der Waals surface area contributed by atoms with Gasteiger partial charge in [0, 0.05) is 58.8 Å². The Morgan fingerprint density at radius 2 is 0.859 bits per heavy atom. The fraction of sp³-hybridized carbons (Fsp3) is 0.480. The summed E-state index contributed by atoms with van der Waals surface area (Å²) in [6.45, 7) is 5.96. The highest BCUT2D eigenvalue weighted by Gasteiger charge is 2.50. The van der Waals surface area contributed by atoms with Crippen LogP contribution in [0.1, 0.15) is 107 Å². The number of ether oxygens (including phenoxy) is 4. The zero-order valence-corrected chi connectivity index (χ0v) is 37.8. The van der Waals surface area contributed by atoms with E-state index in [0.717, 1.165) is 53.4 Å². The number of rotatable bonds is 14. The quantitative estimate of drug-likeness (QED) is 0.0684. The summed E-state index contributed by atoms with van der Waals surface area (Å²) in [5.41, 5.74) is 3.74. The van der Waals surface area contributed by atoms with Gasteiger partial charge in [0.15, 0.2) is 42.8 Å². The first-order chi connectivity index (χ1) is 30.8. The van der Waals surface area contributed by atoms with Gasteiger partial charge in [-0.1, -0.05) is 61.1 Å². The van der Waals surface area contributed by atoms with Crippen LogP contribution in [0.4, 0.5) is 0 Å². The highest BCUT2D eigenvalue weighted by molar-refractivity contribution is 7.92. The fourth-order valence-corrected chi connectivity index (χ4v) is 14.9. The molecule has 0 aromatic heterocycles. The van der Waals surface area contributed by atoms with Gasteiger partial charge in [0.1, 0.15) is 24.7 Å². The maximum Gasteiger partial charge on any atom is 0.171 e. The summed E-state index contributed by atoms with van der Waals surface area (Å²) < 4.78 is 75.6. The summed E-state index contributed by atoms with van der Waals surface area (Å²) in [5.74, 6) is -3.70. The molecule has 10 rings (SSSR count). The van der Waals surface area contributed by atoms with Crippen molar-refractivity contribution in [3.8, 4) is 11.5 Å². The molecule has 4 aromatic carbocycles. The first-order valence-corrected chi connectivity index (χ1v) is 26.3. The van der Waals surface area contributed by atoms with E-state index in [9.17, 15) is 36.0 Å². The monoisotopic (exact) mass is 908 g/mol. The molecule has 0 spiro atoms. The molecule has 64 heavy (non-hydrogen) atoms. The molecule has 0 fully saturated rings. The van der Waals surface area contributed by atoms with Crippen molar-refractivity contribution in [2.45, 2.75) is 65.2 Å². The molecule has 0 radical (unpaired) electrons. The van der Waals surface area contributed by atoms with Gasteiger partial charge in [-0.05, 0) is 84.3 Å². The molecule has 0 saturated heterocycles. The Morgan fingerprint density at radius 1 is 0.484 bits per heavy atom. The number of unbranched alkanes of at least 4 members (excludes halogenated alkanes) is 2. The lowest BCUT2D eigenvalue weighted by Crippen LogP contribution is -2.39. The molecule has 0 unspecified atom stereocenters. The minimum atomic E-state index is -3.35. The average Bonchev–Trinajstić information content (AvgIpc) is 3.75. The average molecular weight is 909 g/mol. The second-order valence-electron chi connectivity index (χ2n) is 18.5. The van der Waals surface area contributed by atoms with Crippen LogP contribution in [0.25, 0.3) is 32.3 Å². The molecule has 4 aliphatic carbocycles. The van der Waals surface area contributed by atoms with Gasteiger partial charge in [-0.25, -0.2) is 16.8 Å². The summed E-state index contributed by atoms with van der Waals surface area (Å²) in [6, 6.07) is 11.1. The predicted octanol–water partition coefficient (Wildman–Crippen LogP) is 7.80. The molecule has 4 atom stereocenters. The van der Waals surface area contributed by atoms with Crippen molar-refractivity contribution in [2.75, 3.05) is 62.7 Å². The smallest absolute Gasteiger partial charge is 0.171 e. The van der Waals surface area contributed by atoms with Crippen LogP contribution in [-0.4, -0.2) is 103 Å². The maximum atomic E-state index is 14.8. The van der Waals surface area contributed by atoms with Crippen molar-refractivity contribution < 1.29 is 55.0 Å². The second kappa shape index (κ2) is 16.6. The Bertz CT molecular complexity index is 2810. The zero-order valence-electron chi connectivity index (χ0n) is 36.2. The minimum absolute atomic E-state index is 0.0906. The van der Waals surface area contributed by atoms with Crippen molar-refractivity contribution >= 4 is 75.1 Å². The Kier molecular flexibility index (Phi) is 11.2. The lowest BCUT2D eigenvalue weighted by Gasteiger charge is -2.36. The molecule has 0 saturated carbocycles. The lowest BCUT2D eigenvalue weighted by molar-refractivity contribution is 0.0713. The first-order valence-electron chi connectivity index (χ1n) is 22.7. The van der Waals surface area contributed by atoms with E-state index in [0.29, 0.717) is 40.1 Å². The largest absolute Gasteiger partial charge is 0.490 e. The van der Waals surface area contributed by atoms with Crippen molar-refractivity contribution in [3.05, 3.63) is 80.9 Å². The summed E-state index contributed by atoms with van der Waals surface area (Å²) >= 11 is 0. The van der Waals surface area contributed by atoms with E-state index in [1.807, 2.05) is 24.3 Å². The number of benzene rings is 4. The lowest BCUT2D eigenvalue weighted by atomic mass is 9.65. The molecule has 6 aliphatic rings. The van der Waals surface area contributed by atoms with Crippen molar-refractivity contribution in [1.29, 1.82) is 0 Å². The molecule has 12 nitrogen and oxygen atoms in total. The third kappa shape index (κ3) is 7.32. The van der Waals surface area contributed by atoms with Crippen LogP contribution in [-0.2, 0) is 29.1 Å². The summed E-state index contributed by atoms with van der Waals surface area (Å²) in [5, 5.41) is 3.80. The van der Waals surface area contributed by atoms with Crippen molar-refractivity contribution in [2.24, 2.45) is 23.7 Å². The molecule has 4 aromatic rings. The number of carbonyl (C=O) groups excluding carboxylic acids is 4. The van der Waals surface area contributed by atoms with Gasteiger partial charge in [-0.3, -0.25) is 19.2 Å². The Hall–Kier alpha value is -4.76. The number of hydrogen-bond acceptors (Lipinski definition) is 12. The third-order valence-electron chi connectivity index (χ3n) is 14.3. The van der Waals surface area contributed by atoms with E-state index in [1.165, 1.54) is 0 Å². The normalized spacial score (nSPS) is 24.2. The van der Waals surface area contributed by atoms with Crippen LogP contribution >= 0.6 is 0 Å². The van der Waals surface area contributed by atoms with Gasteiger partial charge in [0.25, 0.3) is 0 Å². The van der Waals surface area contributed by atoms with E-state index < -0.39 is 43.3 Å². The predicted molar refractivity (Wildman–Crippen MR) is 243 cm³/mol. The van der Waals surface area contributed by atoms with Crippen molar-refractivity contribution in [1.82, 2.24) is 0 Å². The summed E-state index contributed by atoms with van der Waals surface area (Å²) in [7, 11) is -6.70. The van der Waals surface area contributed by atoms with Crippen LogP contribution in [0.3, 0.4) is 0 Å². The fourth-order valence-electron chi connectivity index (χ4n) is 11.3. The van der Waals surface area contributed by atoms with E-state index in [2.05, 4.69) is 13.8 Å². The van der Waals surface area contributed by atoms with Crippen LogP contribution in [0.15, 0.2) is 58.7 Å². The molecule has 14 heteroatoms. The molecule has 0 bridgehead atoms. The van der Waals surface area contributed by atoms with Crippen LogP contribution in [0.2, 0.25) is 0 Å². The number of ketones is 4. The Labute approximate surface area is 372 Å². The van der Waals surface area contributed by atoms with E-state index in [4.69, 9.17) is 18.9 Å². The number of carbonyl (C=O) groups is 4. The molecule has 2 heterocycles. The molecule has 2 aliphatic heterocycles.